The summed E-state index contributed by atoms with van der Waals surface area (Å²) in [6.07, 6.45) is -2.39. The van der Waals surface area contributed by atoms with E-state index in [4.69, 9.17) is 9.15 Å². The maximum atomic E-state index is 11.8. The summed E-state index contributed by atoms with van der Waals surface area (Å²) in [4.78, 5) is 3.95. The van der Waals surface area contributed by atoms with Crippen LogP contribution in [0.25, 0.3) is 0 Å². The van der Waals surface area contributed by atoms with Gasteiger partial charge in [0.2, 0.25) is 0 Å². The van der Waals surface area contributed by atoms with Gasteiger partial charge in [-0.2, -0.15) is 13.2 Å². The fourth-order valence-electron chi connectivity index (χ4n) is 1.29. The lowest BCUT2D eigenvalue weighted by Crippen LogP contribution is -2.21. The lowest BCUT2D eigenvalue weighted by atomic mass is 10.4. The molecule has 0 fully saturated rings. The number of nitrogens with zero attached hydrogens (tertiary/aromatic N) is 1. The Morgan fingerprint density at radius 2 is 2.16 bits per heavy atom. The van der Waals surface area contributed by atoms with Gasteiger partial charge in [0.1, 0.15) is 19.0 Å². The summed E-state index contributed by atoms with van der Waals surface area (Å²) in [6.45, 7) is 0.471. The highest BCUT2D eigenvalue weighted by Gasteiger charge is 2.27. The molecule has 0 saturated heterocycles. The first-order valence-corrected chi connectivity index (χ1v) is 5.79. The summed E-state index contributed by atoms with van der Waals surface area (Å²) < 4.78 is 50.1. The van der Waals surface area contributed by atoms with Crippen LogP contribution in [0, 0.1) is 0 Å². The van der Waals surface area contributed by atoms with Gasteiger partial charge < -0.3 is 19.2 Å². The molecule has 110 valence electrons. The quantitative estimate of drug-likeness (QED) is 0.696. The Labute approximate surface area is 109 Å². The number of hydrogen-bond donors (Lipinski definition) is 1. The van der Waals surface area contributed by atoms with Crippen molar-refractivity contribution in [1.29, 1.82) is 0 Å². The van der Waals surface area contributed by atoms with Gasteiger partial charge in [-0.15, -0.1) is 0 Å². The highest BCUT2D eigenvalue weighted by Crippen LogP contribution is 2.15. The first-order valence-electron chi connectivity index (χ1n) is 5.79. The lowest BCUT2D eigenvalue weighted by Gasteiger charge is -2.05. The molecule has 5 nitrogen and oxygen atoms in total. The van der Waals surface area contributed by atoms with E-state index in [0.29, 0.717) is 25.5 Å². The number of halogens is 3. The largest absolute Gasteiger partial charge is 0.443 e. The maximum absolute atomic E-state index is 11.8. The molecule has 0 unspecified atom stereocenters. The second-order valence-electron chi connectivity index (χ2n) is 3.82. The molecule has 0 radical (unpaired) electrons. The van der Waals surface area contributed by atoms with Gasteiger partial charge in [-0.25, -0.2) is 4.98 Å². The number of ether oxygens (including phenoxy) is 2. The first-order chi connectivity index (χ1) is 9.01. The van der Waals surface area contributed by atoms with E-state index in [2.05, 4.69) is 15.0 Å². The Balaban J connectivity index is 2.17. The van der Waals surface area contributed by atoms with Gasteiger partial charge in [-0.1, -0.05) is 0 Å². The van der Waals surface area contributed by atoms with Crippen molar-refractivity contribution < 1.29 is 27.1 Å². The Hall–Kier alpha value is -1.12. The van der Waals surface area contributed by atoms with Crippen LogP contribution in [0.1, 0.15) is 11.7 Å². The average molecular weight is 282 g/mol. The number of aromatic nitrogens is 1. The second kappa shape index (κ2) is 8.13. The molecule has 0 atom stereocenters. The van der Waals surface area contributed by atoms with E-state index < -0.39 is 12.8 Å². The molecule has 1 aromatic heterocycles. The molecule has 0 aliphatic carbocycles. The summed E-state index contributed by atoms with van der Waals surface area (Å²) in [6, 6.07) is 0. The van der Waals surface area contributed by atoms with Gasteiger partial charge in [0.15, 0.2) is 5.89 Å². The van der Waals surface area contributed by atoms with Crippen molar-refractivity contribution in [3.8, 4) is 0 Å². The molecule has 8 heteroatoms. The highest BCUT2D eigenvalue weighted by atomic mass is 19.4. The number of nitrogens with one attached hydrogen (secondary N) is 1. The van der Waals surface area contributed by atoms with E-state index in [1.807, 2.05) is 0 Å². The van der Waals surface area contributed by atoms with Crippen LogP contribution in [0.4, 0.5) is 13.2 Å². The van der Waals surface area contributed by atoms with Crippen LogP contribution in [-0.4, -0.2) is 44.6 Å². The van der Waals surface area contributed by atoms with Gasteiger partial charge in [-0.05, 0) is 0 Å². The third kappa shape index (κ3) is 7.81. The fourth-order valence-corrected chi connectivity index (χ4v) is 1.29. The molecular weight excluding hydrogens is 265 g/mol. The first kappa shape index (κ1) is 15.9. The van der Waals surface area contributed by atoms with E-state index in [1.165, 1.54) is 6.20 Å². The van der Waals surface area contributed by atoms with E-state index in [9.17, 15) is 13.2 Å². The third-order valence-electron chi connectivity index (χ3n) is 2.11. The zero-order chi connectivity index (χ0) is 14.1. The van der Waals surface area contributed by atoms with Crippen molar-refractivity contribution in [2.75, 3.05) is 33.4 Å². The minimum absolute atomic E-state index is 0.233. The van der Waals surface area contributed by atoms with Crippen LogP contribution in [0.15, 0.2) is 10.6 Å². The van der Waals surface area contributed by atoms with Crippen molar-refractivity contribution in [3.63, 3.8) is 0 Å². The van der Waals surface area contributed by atoms with Gasteiger partial charge in [0, 0.05) is 26.6 Å². The van der Waals surface area contributed by atoms with E-state index in [-0.39, 0.29) is 12.4 Å². The van der Waals surface area contributed by atoms with Gasteiger partial charge >= 0.3 is 6.18 Å². The summed E-state index contributed by atoms with van der Waals surface area (Å²) in [5.41, 5.74) is 0. The number of hydrogen-bond acceptors (Lipinski definition) is 5. The zero-order valence-corrected chi connectivity index (χ0v) is 10.6. The molecule has 0 amide bonds. The van der Waals surface area contributed by atoms with Gasteiger partial charge in [-0.3, -0.25) is 0 Å². The third-order valence-corrected chi connectivity index (χ3v) is 2.11. The Bertz CT molecular complexity index is 355. The minimum atomic E-state index is -4.33. The lowest BCUT2D eigenvalue weighted by molar-refractivity contribution is -0.177. The summed E-state index contributed by atoms with van der Waals surface area (Å²) >= 11 is 0. The Kier molecular flexibility index (Phi) is 6.82. The van der Waals surface area contributed by atoms with Crippen molar-refractivity contribution >= 4 is 0 Å². The molecule has 0 aromatic carbocycles. The monoisotopic (exact) mass is 282 g/mol. The molecule has 0 bridgehead atoms. The predicted molar refractivity (Wildman–Crippen MR) is 60.7 cm³/mol. The number of methoxy groups -OCH3 is 1. The molecule has 1 rings (SSSR count). The zero-order valence-electron chi connectivity index (χ0n) is 10.6. The van der Waals surface area contributed by atoms with Crippen molar-refractivity contribution in [3.05, 3.63) is 17.8 Å². The smallest absolute Gasteiger partial charge is 0.411 e. The van der Waals surface area contributed by atoms with Crippen LogP contribution in [0.3, 0.4) is 0 Å². The second-order valence-corrected chi connectivity index (χ2v) is 3.82. The topological polar surface area (TPSA) is 56.5 Å². The summed E-state index contributed by atoms with van der Waals surface area (Å²) in [7, 11) is 1.61. The van der Waals surface area contributed by atoms with Crippen LogP contribution in [0.5, 0.6) is 0 Å². The summed E-state index contributed by atoms with van der Waals surface area (Å²) in [5, 5.41) is 3.10. The Morgan fingerprint density at radius 3 is 2.84 bits per heavy atom. The molecule has 1 heterocycles. The van der Waals surface area contributed by atoms with E-state index in [1.54, 1.807) is 7.11 Å². The van der Waals surface area contributed by atoms with Gasteiger partial charge in [0.05, 0.1) is 12.8 Å². The highest BCUT2D eigenvalue weighted by molar-refractivity contribution is 4.93. The molecule has 0 aliphatic rings. The van der Waals surface area contributed by atoms with Gasteiger partial charge in [0.25, 0.3) is 0 Å². The normalized spacial score (nSPS) is 12.0. The summed E-state index contributed by atoms with van der Waals surface area (Å²) in [5.74, 6) is 0.756. The van der Waals surface area contributed by atoms with Crippen molar-refractivity contribution in [2.45, 2.75) is 19.2 Å². The minimum Gasteiger partial charge on any atom is -0.443 e. The predicted octanol–water partition coefficient (Wildman–Crippen LogP) is 1.53. The average Bonchev–Trinajstić information content (AvgIpc) is 2.75. The number of alkyl halides is 3. The molecule has 0 spiro atoms. The fraction of sp³-hybridized carbons (Fsp3) is 0.727. The van der Waals surface area contributed by atoms with Crippen LogP contribution in [0.2, 0.25) is 0 Å². The maximum Gasteiger partial charge on any atom is 0.411 e. The molecule has 0 aliphatic heterocycles. The van der Waals surface area contributed by atoms with Crippen molar-refractivity contribution in [1.82, 2.24) is 10.3 Å². The number of oxazole rings is 1. The molecule has 0 saturated carbocycles. The van der Waals surface area contributed by atoms with E-state index in [0.717, 1.165) is 6.54 Å². The molecule has 19 heavy (non-hydrogen) atoms. The van der Waals surface area contributed by atoms with Crippen molar-refractivity contribution in [2.24, 2.45) is 0 Å². The Morgan fingerprint density at radius 1 is 1.37 bits per heavy atom. The number of rotatable bonds is 9. The van der Waals surface area contributed by atoms with Crippen LogP contribution >= 0.6 is 0 Å². The molecular formula is C11H17F3N2O3. The standard InChI is InChI=1S/C11H17F3N2O3/c1-17-5-4-15-3-2-10-16-6-9(19-10)7-18-8-11(12,13)14/h6,15H,2-5,7-8H2,1H3. The van der Waals surface area contributed by atoms with Crippen LogP contribution < -0.4 is 5.32 Å². The van der Waals surface area contributed by atoms with Crippen LogP contribution in [-0.2, 0) is 22.5 Å². The van der Waals surface area contributed by atoms with E-state index >= 15 is 0 Å². The SMILES string of the molecule is COCCNCCc1ncc(COCC(F)(F)F)o1. The molecule has 1 N–H and O–H groups in total. The molecule has 1 aromatic rings.